The highest BCUT2D eigenvalue weighted by molar-refractivity contribution is 5.88. The van der Waals surface area contributed by atoms with Crippen LogP contribution in [-0.4, -0.2) is 17.4 Å². The minimum atomic E-state index is -0.338. The number of hydrogen-bond acceptors (Lipinski definition) is 3. The third-order valence-corrected chi connectivity index (χ3v) is 4.89. The molecule has 2 aromatic carbocycles. The Kier molecular flexibility index (Phi) is 6.76. The molecule has 1 amide bonds. The summed E-state index contributed by atoms with van der Waals surface area (Å²) in [4.78, 5) is 17.1. The molecule has 0 radical (unpaired) electrons. The van der Waals surface area contributed by atoms with E-state index in [1.165, 1.54) is 0 Å². The second kappa shape index (κ2) is 9.66. The third kappa shape index (κ3) is 5.08. The molecule has 4 nitrogen and oxygen atoms in total. The Morgan fingerprint density at radius 3 is 2.38 bits per heavy atom. The minimum absolute atomic E-state index is 0.0103. The van der Waals surface area contributed by atoms with Crippen molar-refractivity contribution in [2.45, 2.75) is 26.2 Å². The number of nitriles is 1. The number of hydrogen-bond donors (Lipinski definition) is 1. The lowest BCUT2D eigenvalue weighted by molar-refractivity contribution is -0.122. The molecule has 0 bridgehead atoms. The maximum absolute atomic E-state index is 13.0. The maximum atomic E-state index is 13.0. The van der Waals surface area contributed by atoms with Gasteiger partial charge in [-0.1, -0.05) is 56.3 Å². The molecule has 29 heavy (non-hydrogen) atoms. The van der Waals surface area contributed by atoms with Gasteiger partial charge in [-0.05, 0) is 58.4 Å². The Balaban J connectivity index is 2.15. The van der Waals surface area contributed by atoms with Crippen LogP contribution in [0.3, 0.4) is 0 Å². The van der Waals surface area contributed by atoms with Crippen molar-refractivity contribution in [3.8, 4) is 28.3 Å². The van der Waals surface area contributed by atoms with Crippen LogP contribution >= 0.6 is 0 Å². The Morgan fingerprint density at radius 2 is 1.72 bits per heavy atom. The van der Waals surface area contributed by atoms with E-state index >= 15 is 0 Å². The van der Waals surface area contributed by atoms with Gasteiger partial charge in [-0.3, -0.25) is 9.78 Å². The van der Waals surface area contributed by atoms with Crippen LogP contribution in [0, 0.1) is 17.2 Å². The summed E-state index contributed by atoms with van der Waals surface area (Å²) in [6.07, 6.45) is 4.22. The largest absolute Gasteiger partial charge is 0.342 e. The van der Waals surface area contributed by atoms with E-state index in [2.05, 4.69) is 54.5 Å². The number of amides is 1. The van der Waals surface area contributed by atoms with Gasteiger partial charge in [-0.15, -0.1) is 0 Å². The number of nitrogens with one attached hydrogen (secondary N) is 1. The lowest BCUT2D eigenvalue weighted by atomic mass is 9.83. The summed E-state index contributed by atoms with van der Waals surface area (Å²) >= 11 is 0. The maximum Gasteiger partial charge on any atom is 0.228 e. The van der Waals surface area contributed by atoms with Gasteiger partial charge >= 0.3 is 0 Å². The molecule has 3 rings (SSSR count). The first-order chi connectivity index (χ1) is 14.1. The molecule has 3 aromatic rings. The van der Waals surface area contributed by atoms with Crippen LogP contribution in [0.4, 0.5) is 0 Å². The van der Waals surface area contributed by atoms with Crippen LogP contribution in [0.1, 0.15) is 31.7 Å². The fourth-order valence-electron chi connectivity index (χ4n) is 3.55. The van der Waals surface area contributed by atoms with Gasteiger partial charge in [0.1, 0.15) is 6.54 Å². The number of carbonyl (C=O) groups excluding carboxylic acids is 1. The van der Waals surface area contributed by atoms with Gasteiger partial charge in [0.2, 0.25) is 5.91 Å². The normalized spacial score (nSPS) is 11.7. The SMILES string of the molecule is CC(C)C[C@@H](C(=O)NCC#N)c1cc(-c2ccccc2)ccc1-c1ccncc1. The monoisotopic (exact) mass is 383 g/mol. The molecule has 1 atom stereocenters. The summed E-state index contributed by atoms with van der Waals surface area (Å²) in [6, 6.07) is 22.4. The molecule has 0 spiro atoms. The van der Waals surface area contributed by atoms with Crippen molar-refractivity contribution < 1.29 is 4.79 Å². The van der Waals surface area contributed by atoms with Crippen molar-refractivity contribution in [2.24, 2.45) is 5.92 Å². The van der Waals surface area contributed by atoms with Crippen LogP contribution in [0.25, 0.3) is 22.3 Å². The molecule has 1 N–H and O–H groups in total. The van der Waals surface area contributed by atoms with Crippen LogP contribution in [0.15, 0.2) is 73.1 Å². The average molecular weight is 383 g/mol. The predicted molar refractivity (Wildman–Crippen MR) is 116 cm³/mol. The summed E-state index contributed by atoms with van der Waals surface area (Å²) in [6.45, 7) is 4.23. The molecule has 0 fully saturated rings. The lowest BCUT2D eigenvalue weighted by Gasteiger charge is -2.22. The Hall–Kier alpha value is -3.45. The molecule has 0 saturated heterocycles. The molecule has 0 aliphatic heterocycles. The molecule has 4 heteroatoms. The van der Waals surface area contributed by atoms with E-state index in [1.54, 1.807) is 12.4 Å². The van der Waals surface area contributed by atoms with E-state index in [-0.39, 0.29) is 18.4 Å². The van der Waals surface area contributed by atoms with Crippen molar-refractivity contribution in [1.82, 2.24) is 10.3 Å². The molecule has 0 aliphatic rings. The van der Waals surface area contributed by atoms with Gasteiger partial charge in [-0.2, -0.15) is 5.26 Å². The fourth-order valence-corrected chi connectivity index (χ4v) is 3.55. The van der Waals surface area contributed by atoms with Crippen molar-refractivity contribution in [3.05, 3.63) is 78.6 Å². The Morgan fingerprint density at radius 1 is 1.00 bits per heavy atom. The number of aromatic nitrogens is 1. The summed E-state index contributed by atoms with van der Waals surface area (Å²) < 4.78 is 0. The van der Waals surface area contributed by atoms with E-state index in [9.17, 15) is 4.79 Å². The van der Waals surface area contributed by atoms with Crippen molar-refractivity contribution in [3.63, 3.8) is 0 Å². The van der Waals surface area contributed by atoms with E-state index < -0.39 is 0 Å². The van der Waals surface area contributed by atoms with Gasteiger partial charge in [0.05, 0.1) is 12.0 Å². The number of carbonyl (C=O) groups is 1. The zero-order valence-corrected chi connectivity index (χ0v) is 16.8. The molecule has 1 aromatic heterocycles. The quantitative estimate of drug-likeness (QED) is 0.571. The second-order valence-corrected chi connectivity index (χ2v) is 7.46. The summed E-state index contributed by atoms with van der Waals surface area (Å²) in [7, 11) is 0. The first-order valence-corrected chi connectivity index (χ1v) is 9.84. The van der Waals surface area contributed by atoms with Crippen molar-refractivity contribution in [1.29, 1.82) is 5.26 Å². The van der Waals surface area contributed by atoms with E-state index in [0.29, 0.717) is 12.3 Å². The highest BCUT2D eigenvalue weighted by atomic mass is 16.1. The third-order valence-electron chi connectivity index (χ3n) is 4.89. The van der Waals surface area contributed by atoms with Crippen LogP contribution in [-0.2, 0) is 4.79 Å². The van der Waals surface area contributed by atoms with E-state index in [1.807, 2.05) is 36.4 Å². The summed E-state index contributed by atoms with van der Waals surface area (Å²) in [5, 5.41) is 11.7. The number of nitrogens with zero attached hydrogens (tertiary/aromatic N) is 2. The predicted octanol–water partition coefficient (Wildman–Crippen LogP) is 5.19. The summed E-state index contributed by atoms with van der Waals surface area (Å²) in [5.74, 6) is -0.116. The topological polar surface area (TPSA) is 65.8 Å². The van der Waals surface area contributed by atoms with E-state index in [4.69, 9.17) is 5.26 Å². The van der Waals surface area contributed by atoms with Crippen LogP contribution in [0.2, 0.25) is 0 Å². The highest BCUT2D eigenvalue weighted by Gasteiger charge is 2.25. The molecule has 0 unspecified atom stereocenters. The number of pyridine rings is 1. The van der Waals surface area contributed by atoms with E-state index in [0.717, 1.165) is 27.8 Å². The zero-order valence-electron chi connectivity index (χ0n) is 16.8. The minimum Gasteiger partial charge on any atom is -0.342 e. The summed E-state index contributed by atoms with van der Waals surface area (Å²) in [5.41, 5.74) is 5.19. The standard InChI is InChI=1S/C25H25N3O/c1-18(2)16-24(25(29)28-15-12-26)23-17-21(19-6-4-3-5-7-19)8-9-22(23)20-10-13-27-14-11-20/h3-11,13-14,17-18,24H,15-16H2,1-2H3,(H,28,29)/t24-/m1/s1. The van der Waals surface area contributed by atoms with Gasteiger partial charge in [0.15, 0.2) is 0 Å². The molecule has 0 saturated carbocycles. The van der Waals surface area contributed by atoms with Gasteiger partial charge in [0.25, 0.3) is 0 Å². The van der Waals surface area contributed by atoms with Gasteiger partial charge < -0.3 is 5.32 Å². The Bertz CT molecular complexity index is 992. The highest BCUT2D eigenvalue weighted by Crippen LogP contribution is 2.36. The molecular weight excluding hydrogens is 358 g/mol. The fraction of sp³-hybridized carbons (Fsp3) is 0.240. The van der Waals surface area contributed by atoms with Crippen LogP contribution in [0.5, 0.6) is 0 Å². The molecular formula is C25H25N3O. The first kappa shape index (κ1) is 20.3. The molecule has 146 valence electrons. The first-order valence-electron chi connectivity index (χ1n) is 9.84. The van der Waals surface area contributed by atoms with Crippen molar-refractivity contribution in [2.75, 3.05) is 6.54 Å². The number of benzene rings is 2. The average Bonchev–Trinajstić information content (AvgIpc) is 2.76. The zero-order chi connectivity index (χ0) is 20.6. The van der Waals surface area contributed by atoms with Gasteiger partial charge in [0, 0.05) is 12.4 Å². The van der Waals surface area contributed by atoms with Crippen molar-refractivity contribution >= 4 is 5.91 Å². The molecule has 1 heterocycles. The molecule has 0 aliphatic carbocycles. The second-order valence-electron chi connectivity index (χ2n) is 7.46. The Labute approximate surface area is 172 Å². The van der Waals surface area contributed by atoms with Crippen LogP contribution < -0.4 is 5.32 Å². The lowest BCUT2D eigenvalue weighted by Crippen LogP contribution is -2.30. The number of rotatable bonds is 7. The smallest absolute Gasteiger partial charge is 0.228 e. The van der Waals surface area contributed by atoms with Gasteiger partial charge in [-0.25, -0.2) is 0 Å².